The molecule has 0 spiro atoms. The molecule has 3 nitrogen and oxygen atoms in total. The number of hydrogen-bond donors (Lipinski definition) is 1. The largest absolute Gasteiger partial charge is 0.395 e. The van der Waals surface area contributed by atoms with Crippen molar-refractivity contribution in [1.82, 2.24) is 0 Å². The van der Waals surface area contributed by atoms with E-state index in [1.54, 1.807) is 12.1 Å². The van der Waals surface area contributed by atoms with Gasteiger partial charge in [0.1, 0.15) is 5.82 Å². The maximum absolute atomic E-state index is 13.9. The van der Waals surface area contributed by atoms with Crippen LogP contribution >= 0.6 is 0 Å². The van der Waals surface area contributed by atoms with E-state index in [9.17, 15) is 9.18 Å². The van der Waals surface area contributed by atoms with Crippen LogP contribution in [0.15, 0.2) is 18.2 Å². The van der Waals surface area contributed by atoms with Crippen LogP contribution in [0.1, 0.15) is 30.1 Å². The summed E-state index contributed by atoms with van der Waals surface area (Å²) in [7, 11) is 0. The van der Waals surface area contributed by atoms with Gasteiger partial charge < -0.3 is 10.0 Å². The van der Waals surface area contributed by atoms with Crippen molar-refractivity contribution in [3.8, 4) is 0 Å². The number of hydrogen-bond acceptors (Lipinski definition) is 3. The first kappa shape index (κ1) is 12.0. The average Bonchev–Trinajstić information content (AvgIpc) is 3.10. The van der Waals surface area contributed by atoms with Gasteiger partial charge in [0.05, 0.1) is 12.3 Å². The van der Waals surface area contributed by atoms with Gasteiger partial charge in [0, 0.05) is 18.2 Å². The van der Waals surface area contributed by atoms with Crippen LogP contribution in [-0.2, 0) is 0 Å². The van der Waals surface area contributed by atoms with Crippen LogP contribution in [0.4, 0.5) is 10.1 Å². The molecular weight excluding hydrogens is 221 g/mol. The number of para-hydroxylation sites is 1. The van der Waals surface area contributed by atoms with Crippen LogP contribution in [0, 0.1) is 5.82 Å². The summed E-state index contributed by atoms with van der Waals surface area (Å²) in [4.78, 5) is 13.3. The van der Waals surface area contributed by atoms with E-state index in [1.165, 1.54) is 13.0 Å². The highest BCUT2D eigenvalue weighted by molar-refractivity contribution is 6.00. The minimum atomic E-state index is -0.391. The summed E-state index contributed by atoms with van der Waals surface area (Å²) in [6.07, 6.45) is 1.98. The SMILES string of the molecule is CC(=O)c1cccc(F)c1N(CCO)C1CC1. The smallest absolute Gasteiger partial charge is 0.161 e. The fourth-order valence-corrected chi connectivity index (χ4v) is 2.06. The number of aliphatic hydroxyl groups is 1. The number of ketones is 1. The lowest BCUT2D eigenvalue weighted by Gasteiger charge is -2.26. The molecule has 92 valence electrons. The summed E-state index contributed by atoms with van der Waals surface area (Å²) in [5.74, 6) is -0.541. The molecule has 0 amide bonds. The zero-order chi connectivity index (χ0) is 12.4. The lowest BCUT2D eigenvalue weighted by Crippen LogP contribution is -2.31. The molecule has 0 aliphatic heterocycles. The molecule has 0 aromatic heterocycles. The van der Waals surface area contributed by atoms with Gasteiger partial charge in [0.25, 0.3) is 0 Å². The number of carbonyl (C=O) groups is 1. The molecule has 0 unspecified atom stereocenters. The number of aliphatic hydroxyl groups excluding tert-OH is 1. The molecule has 2 rings (SSSR count). The number of anilines is 1. The quantitative estimate of drug-likeness (QED) is 0.796. The van der Waals surface area contributed by atoms with Crippen molar-refractivity contribution in [3.63, 3.8) is 0 Å². The second-order valence-electron chi connectivity index (χ2n) is 4.34. The maximum atomic E-state index is 13.9. The van der Waals surface area contributed by atoms with Crippen molar-refractivity contribution in [2.75, 3.05) is 18.1 Å². The minimum absolute atomic E-state index is 0.0395. The van der Waals surface area contributed by atoms with Crippen LogP contribution in [-0.4, -0.2) is 30.1 Å². The average molecular weight is 237 g/mol. The zero-order valence-corrected chi connectivity index (χ0v) is 9.82. The number of carbonyl (C=O) groups excluding carboxylic acids is 1. The zero-order valence-electron chi connectivity index (χ0n) is 9.82. The molecule has 0 heterocycles. The van der Waals surface area contributed by atoms with E-state index in [0.29, 0.717) is 17.8 Å². The molecule has 1 fully saturated rings. The third-order valence-corrected chi connectivity index (χ3v) is 2.98. The second kappa shape index (κ2) is 4.84. The summed E-state index contributed by atoms with van der Waals surface area (Å²) in [5.41, 5.74) is 0.738. The van der Waals surface area contributed by atoms with Crippen molar-refractivity contribution >= 4 is 11.5 Å². The maximum Gasteiger partial charge on any atom is 0.161 e. The second-order valence-corrected chi connectivity index (χ2v) is 4.34. The first-order chi connectivity index (χ1) is 8.15. The normalized spacial score (nSPS) is 14.8. The fourth-order valence-electron chi connectivity index (χ4n) is 2.06. The Balaban J connectivity index is 2.43. The number of halogens is 1. The molecule has 1 N–H and O–H groups in total. The standard InChI is InChI=1S/C13H16FNO2/c1-9(17)11-3-2-4-12(14)13(11)15(7-8-16)10-5-6-10/h2-4,10,16H,5-8H2,1H3. The van der Waals surface area contributed by atoms with Crippen LogP contribution in [0.3, 0.4) is 0 Å². The summed E-state index contributed by atoms with van der Waals surface area (Å²) in [6.45, 7) is 1.76. The molecule has 4 heteroatoms. The Kier molecular flexibility index (Phi) is 3.43. The van der Waals surface area contributed by atoms with E-state index >= 15 is 0 Å². The lowest BCUT2D eigenvalue weighted by molar-refractivity contribution is 0.101. The van der Waals surface area contributed by atoms with Gasteiger partial charge in [0.2, 0.25) is 0 Å². The Morgan fingerprint density at radius 1 is 1.53 bits per heavy atom. The third-order valence-electron chi connectivity index (χ3n) is 2.98. The first-order valence-corrected chi connectivity index (χ1v) is 5.82. The number of benzene rings is 1. The Morgan fingerprint density at radius 2 is 2.24 bits per heavy atom. The summed E-state index contributed by atoms with van der Waals surface area (Å²) >= 11 is 0. The first-order valence-electron chi connectivity index (χ1n) is 5.82. The number of Topliss-reactive ketones (excluding diaryl/α,β-unsaturated/α-hetero) is 1. The van der Waals surface area contributed by atoms with Crippen molar-refractivity contribution < 1.29 is 14.3 Å². The molecule has 17 heavy (non-hydrogen) atoms. The summed E-state index contributed by atoms with van der Waals surface area (Å²) < 4.78 is 13.9. The predicted molar refractivity (Wildman–Crippen MR) is 63.9 cm³/mol. The van der Waals surface area contributed by atoms with Crippen LogP contribution < -0.4 is 4.90 Å². The van der Waals surface area contributed by atoms with E-state index in [2.05, 4.69) is 0 Å². The molecule has 0 atom stereocenters. The Morgan fingerprint density at radius 3 is 2.76 bits per heavy atom. The molecular formula is C13H16FNO2. The minimum Gasteiger partial charge on any atom is -0.395 e. The van der Waals surface area contributed by atoms with Gasteiger partial charge in [-0.15, -0.1) is 0 Å². The molecule has 0 bridgehead atoms. The highest BCUT2D eigenvalue weighted by Gasteiger charge is 2.32. The van der Waals surface area contributed by atoms with Crippen LogP contribution in [0.25, 0.3) is 0 Å². The Bertz CT molecular complexity index is 429. The molecule has 1 aromatic carbocycles. The monoisotopic (exact) mass is 237 g/mol. The van der Waals surface area contributed by atoms with Gasteiger partial charge in [0.15, 0.2) is 5.78 Å². The van der Waals surface area contributed by atoms with E-state index in [1.807, 2.05) is 4.90 Å². The Hall–Kier alpha value is -1.42. The lowest BCUT2D eigenvalue weighted by atomic mass is 10.1. The molecule has 0 radical (unpaired) electrons. The van der Waals surface area contributed by atoms with E-state index in [4.69, 9.17) is 5.11 Å². The van der Waals surface area contributed by atoms with Gasteiger partial charge in [-0.3, -0.25) is 4.79 Å². The Labute approximate surface area is 99.9 Å². The van der Waals surface area contributed by atoms with E-state index in [-0.39, 0.29) is 18.4 Å². The van der Waals surface area contributed by atoms with E-state index in [0.717, 1.165) is 12.8 Å². The van der Waals surface area contributed by atoms with Crippen molar-refractivity contribution in [3.05, 3.63) is 29.6 Å². The van der Waals surface area contributed by atoms with Crippen molar-refractivity contribution in [2.24, 2.45) is 0 Å². The van der Waals surface area contributed by atoms with E-state index < -0.39 is 5.82 Å². The summed E-state index contributed by atoms with van der Waals surface area (Å²) in [5, 5.41) is 9.05. The highest BCUT2D eigenvalue weighted by Crippen LogP contribution is 2.35. The van der Waals surface area contributed by atoms with Gasteiger partial charge in [-0.2, -0.15) is 0 Å². The highest BCUT2D eigenvalue weighted by atomic mass is 19.1. The molecule has 1 aliphatic rings. The molecule has 1 aliphatic carbocycles. The van der Waals surface area contributed by atoms with Crippen LogP contribution in [0.2, 0.25) is 0 Å². The topological polar surface area (TPSA) is 40.5 Å². The molecule has 1 aromatic rings. The number of nitrogens with zero attached hydrogens (tertiary/aromatic N) is 1. The van der Waals surface area contributed by atoms with Crippen LogP contribution in [0.5, 0.6) is 0 Å². The summed E-state index contributed by atoms with van der Waals surface area (Å²) in [6, 6.07) is 4.79. The van der Waals surface area contributed by atoms with Gasteiger partial charge >= 0.3 is 0 Å². The molecule has 0 saturated heterocycles. The van der Waals surface area contributed by atoms with Gasteiger partial charge in [-0.25, -0.2) is 4.39 Å². The third kappa shape index (κ3) is 2.47. The van der Waals surface area contributed by atoms with Gasteiger partial charge in [-0.1, -0.05) is 6.07 Å². The fraction of sp³-hybridized carbons (Fsp3) is 0.462. The predicted octanol–water partition coefficient (Wildman–Crippen LogP) is 1.99. The molecule has 1 saturated carbocycles. The van der Waals surface area contributed by atoms with Crippen molar-refractivity contribution in [1.29, 1.82) is 0 Å². The number of rotatable bonds is 5. The van der Waals surface area contributed by atoms with Crippen molar-refractivity contribution in [2.45, 2.75) is 25.8 Å². The van der Waals surface area contributed by atoms with Gasteiger partial charge in [-0.05, 0) is 31.9 Å².